The number of halogens is 1. The first-order chi connectivity index (χ1) is 11.0. The highest BCUT2D eigenvalue weighted by Gasteiger charge is 2.15. The Kier molecular flexibility index (Phi) is 5.60. The highest BCUT2D eigenvalue weighted by molar-refractivity contribution is 6.30. The minimum Gasteiger partial charge on any atom is -0.481 e. The van der Waals surface area contributed by atoms with E-state index in [4.69, 9.17) is 16.3 Å². The molecule has 0 aliphatic carbocycles. The third-order valence-electron chi connectivity index (χ3n) is 3.05. The molecule has 0 fully saturated rings. The van der Waals surface area contributed by atoms with Crippen molar-refractivity contribution < 1.29 is 19.1 Å². The summed E-state index contributed by atoms with van der Waals surface area (Å²) >= 11 is 5.87. The standard InChI is InChI=1S/C17H16ClNO4/c1-11(23-15-5-3-4-13(18)10-15)16(20)19-14-8-6-12(7-9-14)17(21)22-2/h3-11H,1-2H3,(H,19,20). The molecular formula is C17H16ClNO4. The van der Waals surface area contributed by atoms with Crippen molar-refractivity contribution in [3.8, 4) is 5.75 Å². The van der Waals surface area contributed by atoms with Crippen LogP contribution < -0.4 is 10.1 Å². The number of anilines is 1. The van der Waals surface area contributed by atoms with Gasteiger partial charge in [0, 0.05) is 10.7 Å². The molecule has 1 atom stereocenters. The highest BCUT2D eigenvalue weighted by atomic mass is 35.5. The number of esters is 1. The molecule has 0 bridgehead atoms. The van der Waals surface area contributed by atoms with Gasteiger partial charge in [-0.05, 0) is 49.4 Å². The number of hydrogen-bond acceptors (Lipinski definition) is 4. The van der Waals surface area contributed by atoms with Gasteiger partial charge < -0.3 is 14.8 Å². The van der Waals surface area contributed by atoms with Gasteiger partial charge in [-0.3, -0.25) is 4.79 Å². The molecule has 2 rings (SSSR count). The van der Waals surface area contributed by atoms with Crippen LogP contribution in [0.5, 0.6) is 5.75 Å². The number of amides is 1. The highest BCUT2D eigenvalue weighted by Crippen LogP contribution is 2.19. The fraction of sp³-hybridized carbons (Fsp3) is 0.176. The van der Waals surface area contributed by atoms with E-state index in [-0.39, 0.29) is 5.91 Å². The molecule has 0 saturated heterocycles. The molecule has 1 unspecified atom stereocenters. The Morgan fingerprint density at radius 2 is 1.83 bits per heavy atom. The minimum atomic E-state index is -0.700. The molecule has 6 heteroatoms. The van der Waals surface area contributed by atoms with Crippen LogP contribution in [-0.4, -0.2) is 25.1 Å². The number of rotatable bonds is 5. The molecule has 5 nitrogen and oxygen atoms in total. The third kappa shape index (κ3) is 4.72. The van der Waals surface area contributed by atoms with Crippen LogP contribution in [0.3, 0.4) is 0 Å². The van der Waals surface area contributed by atoms with Crippen LogP contribution in [-0.2, 0) is 9.53 Å². The van der Waals surface area contributed by atoms with Crippen LogP contribution in [0, 0.1) is 0 Å². The van der Waals surface area contributed by atoms with Crippen molar-refractivity contribution in [3.05, 3.63) is 59.1 Å². The lowest BCUT2D eigenvalue weighted by Crippen LogP contribution is -2.30. The zero-order chi connectivity index (χ0) is 16.8. The third-order valence-corrected chi connectivity index (χ3v) is 3.29. The smallest absolute Gasteiger partial charge is 0.337 e. The van der Waals surface area contributed by atoms with Gasteiger partial charge in [0.2, 0.25) is 0 Å². The Morgan fingerprint density at radius 1 is 1.13 bits per heavy atom. The topological polar surface area (TPSA) is 64.6 Å². The van der Waals surface area contributed by atoms with Gasteiger partial charge in [0.25, 0.3) is 5.91 Å². The number of ether oxygens (including phenoxy) is 2. The van der Waals surface area contributed by atoms with E-state index >= 15 is 0 Å². The van der Waals surface area contributed by atoms with E-state index in [1.165, 1.54) is 7.11 Å². The molecule has 0 spiro atoms. The maximum atomic E-state index is 12.1. The van der Waals surface area contributed by atoms with E-state index in [1.807, 2.05) is 0 Å². The van der Waals surface area contributed by atoms with Gasteiger partial charge in [-0.25, -0.2) is 4.79 Å². The van der Waals surface area contributed by atoms with E-state index < -0.39 is 12.1 Å². The quantitative estimate of drug-likeness (QED) is 0.850. The molecular weight excluding hydrogens is 318 g/mol. The Labute approximate surface area is 139 Å². The number of carbonyl (C=O) groups is 2. The van der Waals surface area contributed by atoms with Crippen LogP contribution in [0.1, 0.15) is 17.3 Å². The van der Waals surface area contributed by atoms with Crippen molar-refractivity contribution in [3.63, 3.8) is 0 Å². The minimum absolute atomic E-state index is 0.309. The summed E-state index contributed by atoms with van der Waals surface area (Å²) in [5.74, 6) is -0.225. The van der Waals surface area contributed by atoms with Crippen molar-refractivity contribution in [1.82, 2.24) is 0 Å². The van der Waals surface area contributed by atoms with Crippen molar-refractivity contribution in [2.45, 2.75) is 13.0 Å². The monoisotopic (exact) mass is 333 g/mol. The Balaban J connectivity index is 1.96. The van der Waals surface area contributed by atoms with Crippen molar-refractivity contribution in [2.24, 2.45) is 0 Å². The Morgan fingerprint density at radius 3 is 2.43 bits per heavy atom. The van der Waals surface area contributed by atoms with Crippen molar-refractivity contribution >= 4 is 29.2 Å². The van der Waals surface area contributed by atoms with E-state index in [1.54, 1.807) is 55.5 Å². The second-order valence-electron chi connectivity index (χ2n) is 4.78. The molecule has 0 saturated carbocycles. The summed E-state index contributed by atoms with van der Waals surface area (Å²) in [4.78, 5) is 23.5. The first-order valence-electron chi connectivity index (χ1n) is 6.91. The zero-order valence-corrected chi connectivity index (χ0v) is 13.5. The summed E-state index contributed by atoms with van der Waals surface area (Å²) < 4.78 is 10.2. The molecule has 0 aliphatic rings. The Bertz CT molecular complexity index is 700. The van der Waals surface area contributed by atoms with Gasteiger partial charge in [-0.1, -0.05) is 17.7 Å². The second kappa shape index (κ2) is 7.65. The van der Waals surface area contributed by atoms with Crippen LogP contribution in [0.25, 0.3) is 0 Å². The fourth-order valence-electron chi connectivity index (χ4n) is 1.85. The molecule has 0 heterocycles. The molecule has 0 aromatic heterocycles. The summed E-state index contributed by atoms with van der Waals surface area (Å²) in [6.07, 6.45) is -0.700. The molecule has 120 valence electrons. The van der Waals surface area contributed by atoms with Gasteiger partial charge >= 0.3 is 5.97 Å². The first-order valence-corrected chi connectivity index (χ1v) is 7.29. The average Bonchev–Trinajstić information content (AvgIpc) is 2.54. The van der Waals surface area contributed by atoms with Gasteiger partial charge in [0.1, 0.15) is 5.75 Å². The summed E-state index contributed by atoms with van der Waals surface area (Å²) in [5.41, 5.74) is 0.970. The van der Waals surface area contributed by atoms with Crippen LogP contribution in [0.4, 0.5) is 5.69 Å². The Hall–Kier alpha value is -2.53. The van der Waals surface area contributed by atoms with Crippen molar-refractivity contribution in [1.29, 1.82) is 0 Å². The maximum Gasteiger partial charge on any atom is 0.337 e. The number of hydrogen-bond donors (Lipinski definition) is 1. The predicted molar refractivity (Wildman–Crippen MR) is 88.0 cm³/mol. The molecule has 0 radical (unpaired) electrons. The number of benzene rings is 2. The summed E-state index contributed by atoms with van der Waals surface area (Å²) in [6, 6.07) is 13.2. The van der Waals surface area contributed by atoms with Crippen LogP contribution in [0.15, 0.2) is 48.5 Å². The number of nitrogens with one attached hydrogen (secondary N) is 1. The van der Waals surface area contributed by atoms with Gasteiger partial charge in [0.15, 0.2) is 6.10 Å². The molecule has 2 aromatic rings. The average molecular weight is 334 g/mol. The van der Waals surface area contributed by atoms with E-state index in [0.29, 0.717) is 22.0 Å². The maximum absolute atomic E-state index is 12.1. The lowest BCUT2D eigenvalue weighted by Gasteiger charge is -2.15. The number of carbonyl (C=O) groups excluding carboxylic acids is 2. The zero-order valence-electron chi connectivity index (χ0n) is 12.7. The molecule has 0 aliphatic heterocycles. The van der Waals surface area contributed by atoms with Crippen LogP contribution in [0.2, 0.25) is 5.02 Å². The van der Waals surface area contributed by atoms with Crippen molar-refractivity contribution in [2.75, 3.05) is 12.4 Å². The molecule has 23 heavy (non-hydrogen) atoms. The van der Waals surface area contributed by atoms with E-state index in [0.717, 1.165) is 0 Å². The van der Waals surface area contributed by atoms with Crippen LogP contribution >= 0.6 is 11.6 Å². The predicted octanol–water partition coefficient (Wildman–Crippen LogP) is 3.53. The van der Waals surface area contributed by atoms with Gasteiger partial charge in [-0.2, -0.15) is 0 Å². The lowest BCUT2D eigenvalue weighted by molar-refractivity contribution is -0.122. The summed E-state index contributed by atoms with van der Waals surface area (Å²) in [6.45, 7) is 1.64. The molecule has 1 amide bonds. The molecule has 2 aromatic carbocycles. The van der Waals surface area contributed by atoms with Gasteiger partial charge in [-0.15, -0.1) is 0 Å². The second-order valence-corrected chi connectivity index (χ2v) is 5.21. The lowest BCUT2D eigenvalue weighted by atomic mass is 10.2. The van der Waals surface area contributed by atoms with E-state index in [9.17, 15) is 9.59 Å². The summed E-state index contributed by atoms with van der Waals surface area (Å²) in [5, 5.41) is 3.25. The largest absolute Gasteiger partial charge is 0.481 e. The fourth-order valence-corrected chi connectivity index (χ4v) is 2.03. The summed E-state index contributed by atoms with van der Waals surface area (Å²) in [7, 11) is 1.31. The van der Waals surface area contributed by atoms with E-state index in [2.05, 4.69) is 10.1 Å². The molecule has 1 N–H and O–H groups in total. The first kappa shape index (κ1) is 16.8. The number of methoxy groups -OCH3 is 1. The van der Waals surface area contributed by atoms with Gasteiger partial charge in [0.05, 0.1) is 12.7 Å². The normalized spacial score (nSPS) is 11.4. The SMILES string of the molecule is COC(=O)c1ccc(NC(=O)C(C)Oc2cccc(Cl)c2)cc1.